The smallest absolute Gasteiger partial charge is 0.328 e. The van der Waals surface area contributed by atoms with Gasteiger partial charge in [0.05, 0.1) is 19.6 Å². The maximum Gasteiger partial charge on any atom is 0.328 e. The largest absolute Gasteiger partial charge is 0.493 e. The standard InChI is InChI=1S/C13H17NO5/c1-9-3-2-4-10(7-9)19-6-5-12(16)14-11(8-15)13(17)18/h2-4,7,11,15H,5-6,8H2,1H3,(H,14,16)(H,17,18)/t11-/m1/s1. The van der Waals surface area contributed by atoms with Gasteiger partial charge in [0.1, 0.15) is 11.8 Å². The third-order valence-corrected chi connectivity index (χ3v) is 2.40. The van der Waals surface area contributed by atoms with Gasteiger partial charge in [-0.05, 0) is 24.6 Å². The van der Waals surface area contributed by atoms with Gasteiger partial charge in [-0.3, -0.25) is 4.79 Å². The summed E-state index contributed by atoms with van der Waals surface area (Å²) in [5.74, 6) is -1.09. The number of aliphatic hydroxyl groups excluding tert-OH is 1. The quantitative estimate of drug-likeness (QED) is 0.661. The Morgan fingerprint density at radius 2 is 2.16 bits per heavy atom. The van der Waals surface area contributed by atoms with Crippen LogP contribution in [0.1, 0.15) is 12.0 Å². The summed E-state index contributed by atoms with van der Waals surface area (Å²) in [5, 5.41) is 19.6. The van der Waals surface area contributed by atoms with E-state index < -0.39 is 24.5 Å². The molecule has 0 fully saturated rings. The van der Waals surface area contributed by atoms with Crippen molar-refractivity contribution in [3.8, 4) is 5.75 Å². The number of aliphatic hydroxyl groups is 1. The van der Waals surface area contributed by atoms with Crippen molar-refractivity contribution in [2.45, 2.75) is 19.4 Å². The molecule has 0 aliphatic rings. The van der Waals surface area contributed by atoms with Gasteiger partial charge in [0.25, 0.3) is 0 Å². The first-order chi connectivity index (χ1) is 9.02. The van der Waals surface area contributed by atoms with E-state index in [0.717, 1.165) is 5.56 Å². The molecule has 104 valence electrons. The third kappa shape index (κ3) is 5.39. The zero-order valence-corrected chi connectivity index (χ0v) is 10.6. The van der Waals surface area contributed by atoms with Crippen molar-refractivity contribution in [3.63, 3.8) is 0 Å². The first kappa shape index (κ1) is 15.0. The van der Waals surface area contributed by atoms with Crippen molar-refractivity contribution in [2.75, 3.05) is 13.2 Å². The van der Waals surface area contributed by atoms with E-state index in [4.69, 9.17) is 14.9 Å². The number of carboxylic acid groups (broad SMARTS) is 1. The average molecular weight is 267 g/mol. The lowest BCUT2D eigenvalue weighted by Gasteiger charge is -2.12. The van der Waals surface area contributed by atoms with E-state index >= 15 is 0 Å². The van der Waals surface area contributed by atoms with Crippen LogP contribution in [0.4, 0.5) is 0 Å². The first-order valence-corrected chi connectivity index (χ1v) is 5.85. The molecule has 0 aromatic heterocycles. The lowest BCUT2D eigenvalue weighted by molar-refractivity contribution is -0.143. The average Bonchev–Trinajstić information content (AvgIpc) is 2.35. The normalized spacial score (nSPS) is 11.7. The van der Waals surface area contributed by atoms with E-state index in [1.807, 2.05) is 25.1 Å². The van der Waals surface area contributed by atoms with Gasteiger partial charge in [-0.1, -0.05) is 12.1 Å². The molecule has 1 amide bonds. The predicted molar refractivity (Wildman–Crippen MR) is 67.9 cm³/mol. The maximum absolute atomic E-state index is 11.4. The Kier molecular flexibility index (Phi) is 5.81. The Labute approximate surface area is 111 Å². The fourth-order valence-corrected chi connectivity index (χ4v) is 1.42. The Morgan fingerprint density at radius 3 is 2.74 bits per heavy atom. The number of hydrogen-bond donors (Lipinski definition) is 3. The van der Waals surface area contributed by atoms with Crippen LogP contribution in [0.5, 0.6) is 5.75 Å². The summed E-state index contributed by atoms with van der Waals surface area (Å²) in [7, 11) is 0. The van der Waals surface area contributed by atoms with Crippen LogP contribution in [0.15, 0.2) is 24.3 Å². The highest BCUT2D eigenvalue weighted by molar-refractivity contribution is 5.83. The molecule has 0 bridgehead atoms. The minimum absolute atomic E-state index is 0.0255. The highest BCUT2D eigenvalue weighted by Crippen LogP contribution is 2.12. The summed E-state index contributed by atoms with van der Waals surface area (Å²) in [4.78, 5) is 22.0. The monoisotopic (exact) mass is 267 g/mol. The van der Waals surface area contributed by atoms with Gasteiger partial charge in [-0.15, -0.1) is 0 Å². The van der Waals surface area contributed by atoms with Crippen LogP contribution in [0.25, 0.3) is 0 Å². The zero-order chi connectivity index (χ0) is 14.3. The molecule has 1 aromatic rings. The van der Waals surface area contributed by atoms with E-state index in [9.17, 15) is 9.59 Å². The molecule has 0 heterocycles. The minimum atomic E-state index is -1.27. The molecule has 6 nitrogen and oxygen atoms in total. The molecule has 6 heteroatoms. The second-order valence-electron chi connectivity index (χ2n) is 4.06. The van der Waals surface area contributed by atoms with E-state index in [0.29, 0.717) is 5.75 Å². The Morgan fingerprint density at radius 1 is 1.42 bits per heavy atom. The van der Waals surface area contributed by atoms with Gasteiger partial charge in [0.2, 0.25) is 5.91 Å². The molecule has 0 unspecified atom stereocenters. The van der Waals surface area contributed by atoms with E-state index in [2.05, 4.69) is 5.32 Å². The Balaban J connectivity index is 2.33. The first-order valence-electron chi connectivity index (χ1n) is 5.85. The highest BCUT2D eigenvalue weighted by Gasteiger charge is 2.18. The molecule has 0 spiro atoms. The lowest BCUT2D eigenvalue weighted by Crippen LogP contribution is -2.43. The van der Waals surface area contributed by atoms with Gasteiger partial charge in [-0.2, -0.15) is 0 Å². The summed E-state index contributed by atoms with van der Waals surface area (Å²) in [6.45, 7) is 1.44. The van der Waals surface area contributed by atoms with Crippen molar-refractivity contribution in [1.82, 2.24) is 5.32 Å². The topological polar surface area (TPSA) is 95.9 Å². The summed E-state index contributed by atoms with van der Waals surface area (Å²) in [6.07, 6.45) is 0.0255. The molecule has 0 radical (unpaired) electrons. The number of amides is 1. The number of carbonyl (C=O) groups is 2. The van der Waals surface area contributed by atoms with Crippen molar-refractivity contribution >= 4 is 11.9 Å². The van der Waals surface area contributed by atoms with Crippen LogP contribution < -0.4 is 10.1 Å². The number of carboxylic acids is 1. The number of hydrogen-bond acceptors (Lipinski definition) is 4. The van der Waals surface area contributed by atoms with Crippen LogP contribution in [-0.4, -0.2) is 41.3 Å². The van der Waals surface area contributed by atoms with Crippen molar-refractivity contribution in [3.05, 3.63) is 29.8 Å². The second kappa shape index (κ2) is 7.38. The molecular formula is C13H17NO5. The highest BCUT2D eigenvalue weighted by atomic mass is 16.5. The van der Waals surface area contributed by atoms with Gasteiger partial charge in [-0.25, -0.2) is 4.79 Å². The van der Waals surface area contributed by atoms with E-state index in [1.54, 1.807) is 6.07 Å². The molecular weight excluding hydrogens is 250 g/mol. The van der Waals surface area contributed by atoms with Crippen LogP contribution in [-0.2, 0) is 9.59 Å². The number of aryl methyl sites for hydroxylation is 1. The van der Waals surface area contributed by atoms with Gasteiger partial charge in [0.15, 0.2) is 0 Å². The molecule has 19 heavy (non-hydrogen) atoms. The number of ether oxygens (including phenoxy) is 1. The molecule has 1 atom stereocenters. The SMILES string of the molecule is Cc1cccc(OCCC(=O)N[C@H](CO)C(=O)O)c1. The van der Waals surface area contributed by atoms with Crippen LogP contribution in [0, 0.1) is 6.92 Å². The maximum atomic E-state index is 11.4. The van der Waals surface area contributed by atoms with Gasteiger partial charge < -0.3 is 20.3 Å². The second-order valence-corrected chi connectivity index (χ2v) is 4.06. The number of carbonyl (C=O) groups excluding carboxylic acids is 1. The molecule has 3 N–H and O–H groups in total. The third-order valence-electron chi connectivity index (χ3n) is 2.40. The van der Waals surface area contributed by atoms with Crippen LogP contribution in [0.2, 0.25) is 0 Å². The molecule has 0 aliphatic carbocycles. The molecule has 1 rings (SSSR count). The lowest BCUT2D eigenvalue weighted by atomic mass is 10.2. The number of nitrogens with one attached hydrogen (secondary N) is 1. The Hall–Kier alpha value is -2.08. The van der Waals surface area contributed by atoms with Gasteiger partial charge >= 0.3 is 5.97 Å². The summed E-state index contributed by atoms with van der Waals surface area (Å²) in [5.41, 5.74) is 1.05. The molecule has 0 aliphatic heterocycles. The fraction of sp³-hybridized carbons (Fsp3) is 0.385. The van der Waals surface area contributed by atoms with Crippen molar-refractivity contribution < 1.29 is 24.5 Å². The summed E-state index contributed by atoms with van der Waals surface area (Å²) in [6, 6.07) is 6.12. The zero-order valence-electron chi connectivity index (χ0n) is 10.6. The summed E-state index contributed by atoms with van der Waals surface area (Å²) >= 11 is 0. The number of benzene rings is 1. The molecule has 0 saturated carbocycles. The minimum Gasteiger partial charge on any atom is -0.493 e. The van der Waals surface area contributed by atoms with Crippen molar-refractivity contribution in [2.24, 2.45) is 0 Å². The summed E-state index contributed by atoms with van der Waals surface area (Å²) < 4.78 is 5.36. The molecule has 0 saturated heterocycles. The number of aliphatic carboxylic acids is 1. The molecule has 1 aromatic carbocycles. The van der Waals surface area contributed by atoms with Crippen LogP contribution in [0.3, 0.4) is 0 Å². The fourth-order valence-electron chi connectivity index (χ4n) is 1.42. The van der Waals surface area contributed by atoms with Gasteiger partial charge in [0, 0.05) is 0 Å². The van der Waals surface area contributed by atoms with E-state index in [-0.39, 0.29) is 13.0 Å². The Bertz CT molecular complexity index is 446. The number of rotatable bonds is 7. The van der Waals surface area contributed by atoms with Crippen LogP contribution >= 0.6 is 0 Å². The predicted octanol–water partition coefficient (Wildman–Crippen LogP) is 0.326. The van der Waals surface area contributed by atoms with E-state index in [1.165, 1.54) is 0 Å². The van der Waals surface area contributed by atoms with Crippen molar-refractivity contribution in [1.29, 1.82) is 0 Å².